The van der Waals surface area contributed by atoms with Crippen LogP contribution in [0.3, 0.4) is 0 Å². The standard InChI is InChI=1S/C52H99O12P/c1-3-5-7-9-11-13-15-17-19-21-23-25-27-29-31-33-35-37-39-41-50(56)61-44-47(45-62-65(59,60)63-46-49(55)52(58)48(54)43-53)64-51(57)42-40-38-36-34-32-30-28-26-24-22-20-18-16-14-12-10-8-6-4-2/h23-26,47-49,52-55,58H,3-22,27-46H2,1-2H3,(H,59,60)/t47-,48-,49-,52+/m1/s1. The monoisotopic (exact) mass is 947 g/mol. The quantitative estimate of drug-likeness (QED) is 0.0168. The molecule has 5 N–H and O–H groups in total. The summed E-state index contributed by atoms with van der Waals surface area (Å²) in [4.78, 5) is 35.5. The summed E-state index contributed by atoms with van der Waals surface area (Å²) in [7, 11) is -4.83. The van der Waals surface area contributed by atoms with Gasteiger partial charge in [0.15, 0.2) is 6.10 Å². The maximum atomic E-state index is 12.8. The second kappa shape index (κ2) is 47.4. The number of hydrogen-bond donors (Lipinski definition) is 5. The van der Waals surface area contributed by atoms with Crippen LogP contribution >= 0.6 is 7.82 Å². The summed E-state index contributed by atoms with van der Waals surface area (Å²) >= 11 is 0. The molecule has 0 heterocycles. The molecule has 1 unspecified atom stereocenters. The zero-order valence-corrected chi connectivity index (χ0v) is 42.3. The fraction of sp³-hybridized carbons (Fsp3) is 0.885. The molecular weight excluding hydrogens is 848 g/mol. The molecule has 5 atom stereocenters. The first-order valence-electron chi connectivity index (χ1n) is 26.5. The van der Waals surface area contributed by atoms with Gasteiger partial charge in [0, 0.05) is 12.8 Å². The van der Waals surface area contributed by atoms with Crippen LogP contribution in [0.1, 0.15) is 245 Å². The Morgan fingerprint density at radius 3 is 1.18 bits per heavy atom. The van der Waals surface area contributed by atoms with Gasteiger partial charge in [0.1, 0.15) is 24.9 Å². The van der Waals surface area contributed by atoms with Crippen molar-refractivity contribution in [2.45, 2.75) is 269 Å². The van der Waals surface area contributed by atoms with E-state index in [1.54, 1.807) is 0 Å². The van der Waals surface area contributed by atoms with Gasteiger partial charge in [-0.15, -0.1) is 0 Å². The number of rotatable bonds is 50. The first-order chi connectivity index (χ1) is 31.6. The Labute approximate surface area is 396 Å². The SMILES string of the molecule is CCCCCCCCCCCC=CCCCCCCCCC(=O)OC[C@H](COP(=O)(O)OC[C@@H](O)[C@@H](O)[C@H](O)CO)OC(=O)CCCCCCCCC=CCCCCCCCCCCC. The van der Waals surface area contributed by atoms with Gasteiger partial charge < -0.3 is 34.8 Å². The van der Waals surface area contributed by atoms with Gasteiger partial charge in [-0.05, 0) is 64.2 Å². The number of phosphoric acid groups is 1. The molecule has 0 rings (SSSR count). The van der Waals surface area contributed by atoms with Gasteiger partial charge in [0.05, 0.1) is 19.8 Å². The van der Waals surface area contributed by atoms with Gasteiger partial charge in [-0.3, -0.25) is 18.6 Å². The van der Waals surface area contributed by atoms with Crippen molar-refractivity contribution >= 4 is 19.8 Å². The lowest BCUT2D eigenvalue weighted by molar-refractivity contribution is -0.161. The van der Waals surface area contributed by atoms with Crippen LogP contribution in [0.25, 0.3) is 0 Å². The summed E-state index contributed by atoms with van der Waals surface area (Å²) in [5.41, 5.74) is 0. The van der Waals surface area contributed by atoms with Crippen molar-refractivity contribution < 1.29 is 58.0 Å². The summed E-state index contributed by atoms with van der Waals surface area (Å²) in [5.74, 6) is -1.02. The number of hydrogen-bond acceptors (Lipinski definition) is 11. The average molecular weight is 947 g/mol. The van der Waals surface area contributed by atoms with Crippen LogP contribution in [-0.2, 0) is 32.7 Å². The van der Waals surface area contributed by atoms with Gasteiger partial charge >= 0.3 is 19.8 Å². The summed E-state index contributed by atoms with van der Waals surface area (Å²) in [6, 6.07) is 0. The number of carbonyl (C=O) groups is 2. The summed E-state index contributed by atoms with van der Waals surface area (Å²) < 4.78 is 33.1. The fourth-order valence-electron chi connectivity index (χ4n) is 7.56. The summed E-state index contributed by atoms with van der Waals surface area (Å²) in [6.45, 7) is 1.77. The second-order valence-electron chi connectivity index (χ2n) is 18.2. The Bertz CT molecular complexity index is 1170. The van der Waals surface area contributed by atoms with Crippen LogP contribution in [0.15, 0.2) is 24.3 Å². The predicted octanol–water partition coefficient (Wildman–Crippen LogP) is 12.8. The van der Waals surface area contributed by atoms with E-state index in [9.17, 15) is 34.4 Å². The largest absolute Gasteiger partial charge is 0.472 e. The molecule has 0 aromatic heterocycles. The van der Waals surface area contributed by atoms with E-state index in [4.69, 9.17) is 23.6 Å². The molecule has 0 aliphatic heterocycles. The van der Waals surface area contributed by atoms with Crippen molar-refractivity contribution in [1.82, 2.24) is 0 Å². The van der Waals surface area contributed by atoms with E-state index in [1.807, 2.05) is 0 Å². The minimum Gasteiger partial charge on any atom is -0.462 e. The van der Waals surface area contributed by atoms with Crippen molar-refractivity contribution in [2.75, 3.05) is 26.4 Å². The van der Waals surface area contributed by atoms with E-state index in [0.29, 0.717) is 12.8 Å². The molecule has 0 saturated heterocycles. The normalized spacial score (nSPS) is 14.8. The maximum Gasteiger partial charge on any atom is 0.472 e. The van der Waals surface area contributed by atoms with Crippen LogP contribution in [0.4, 0.5) is 0 Å². The predicted molar refractivity (Wildman–Crippen MR) is 264 cm³/mol. The van der Waals surface area contributed by atoms with E-state index in [1.165, 1.54) is 128 Å². The van der Waals surface area contributed by atoms with Gasteiger partial charge in [0.2, 0.25) is 0 Å². The van der Waals surface area contributed by atoms with Crippen molar-refractivity contribution in [1.29, 1.82) is 0 Å². The highest BCUT2D eigenvalue weighted by molar-refractivity contribution is 7.47. The lowest BCUT2D eigenvalue weighted by atomic mass is 10.1. The summed E-state index contributed by atoms with van der Waals surface area (Å²) in [5, 5.41) is 38.2. The number of esters is 2. The Hall–Kier alpha value is -1.63. The van der Waals surface area contributed by atoms with Crippen molar-refractivity contribution in [2.24, 2.45) is 0 Å². The number of allylic oxidation sites excluding steroid dienone is 4. The number of unbranched alkanes of at least 4 members (excludes halogenated alkanes) is 30. The van der Waals surface area contributed by atoms with Crippen LogP contribution < -0.4 is 0 Å². The highest BCUT2D eigenvalue weighted by Crippen LogP contribution is 2.43. The molecular formula is C52H99O12P. The van der Waals surface area contributed by atoms with E-state index >= 15 is 0 Å². The molecule has 65 heavy (non-hydrogen) atoms. The van der Waals surface area contributed by atoms with Gasteiger partial charge in [0.25, 0.3) is 0 Å². The van der Waals surface area contributed by atoms with Crippen LogP contribution in [0.2, 0.25) is 0 Å². The first kappa shape index (κ1) is 63.4. The van der Waals surface area contributed by atoms with E-state index < -0.39 is 64.0 Å². The number of phosphoric ester groups is 1. The van der Waals surface area contributed by atoms with Gasteiger partial charge in [-0.25, -0.2) is 4.57 Å². The molecule has 0 aliphatic rings. The third-order valence-corrected chi connectivity index (χ3v) is 12.8. The molecule has 0 bridgehead atoms. The maximum absolute atomic E-state index is 12.8. The smallest absolute Gasteiger partial charge is 0.462 e. The lowest BCUT2D eigenvalue weighted by Crippen LogP contribution is -2.41. The van der Waals surface area contributed by atoms with Gasteiger partial charge in [-0.1, -0.05) is 192 Å². The number of ether oxygens (including phenoxy) is 2. The molecule has 384 valence electrons. The topological polar surface area (TPSA) is 189 Å². The van der Waals surface area contributed by atoms with Crippen molar-refractivity contribution in [3.63, 3.8) is 0 Å². The number of aliphatic hydroxyl groups is 4. The fourth-order valence-corrected chi connectivity index (χ4v) is 8.33. The lowest BCUT2D eigenvalue weighted by Gasteiger charge is -2.23. The Morgan fingerprint density at radius 2 is 0.800 bits per heavy atom. The minimum absolute atomic E-state index is 0.131. The molecule has 13 heteroatoms. The van der Waals surface area contributed by atoms with E-state index in [-0.39, 0.29) is 19.4 Å². The first-order valence-corrected chi connectivity index (χ1v) is 28.0. The molecule has 0 aromatic carbocycles. The Morgan fingerprint density at radius 1 is 0.462 bits per heavy atom. The highest BCUT2D eigenvalue weighted by atomic mass is 31.2. The molecule has 0 saturated carbocycles. The van der Waals surface area contributed by atoms with Crippen LogP contribution in [0, 0.1) is 0 Å². The Kier molecular flexibility index (Phi) is 46.2. The van der Waals surface area contributed by atoms with Crippen molar-refractivity contribution in [3.05, 3.63) is 24.3 Å². The van der Waals surface area contributed by atoms with Crippen molar-refractivity contribution in [3.8, 4) is 0 Å². The molecule has 0 amide bonds. The second-order valence-corrected chi connectivity index (χ2v) is 19.6. The third-order valence-electron chi connectivity index (χ3n) is 11.8. The highest BCUT2D eigenvalue weighted by Gasteiger charge is 2.30. The van der Waals surface area contributed by atoms with Crippen LogP contribution in [-0.4, -0.2) is 88.1 Å². The minimum atomic E-state index is -4.83. The summed E-state index contributed by atoms with van der Waals surface area (Å²) in [6.07, 6.45) is 43.8. The molecule has 0 spiro atoms. The molecule has 0 radical (unpaired) electrons. The zero-order valence-electron chi connectivity index (χ0n) is 41.4. The zero-order chi connectivity index (χ0) is 47.9. The number of carbonyl (C=O) groups excluding carboxylic acids is 2. The van der Waals surface area contributed by atoms with Crippen LogP contribution in [0.5, 0.6) is 0 Å². The molecule has 0 aromatic rings. The number of aliphatic hydroxyl groups excluding tert-OH is 4. The Balaban J connectivity index is 4.42. The average Bonchev–Trinajstić information content (AvgIpc) is 3.30. The third kappa shape index (κ3) is 44.6. The molecule has 12 nitrogen and oxygen atoms in total. The molecule has 0 fully saturated rings. The molecule has 0 aliphatic carbocycles. The van der Waals surface area contributed by atoms with E-state index in [0.717, 1.165) is 77.0 Å². The van der Waals surface area contributed by atoms with Gasteiger partial charge in [-0.2, -0.15) is 0 Å². The van der Waals surface area contributed by atoms with E-state index in [2.05, 4.69) is 38.2 Å².